The second-order valence-corrected chi connectivity index (χ2v) is 0.984. The van der Waals surface area contributed by atoms with E-state index in [0.717, 1.165) is 19.2 Å². The zero-order chi connectivity index (χ0) is 6.24. The molecule has 8 heavy (non-hydrogen) atoms. The molecule has 0 saturated carbocycles. The molecule has 4 heteroatoms. The Morgan fingerprint density at radius 2 is 2.50 bits per heavy atom. The van der Waals surface area contributed by atoms with Gasteiger partial charge >= 0.3 is 0 Å². The average molecular weight is 114 g/mol. The SMILES string of the molecule is C1=NCCO1.N=C=O. The predicted molar refractivity (Wildman–Crippen MR) is 27.7 cm³/mol. The smallest absolute Gasteiger partial charge is 0.231 e. The highest BCUT2D eigenvalue weighted by Gasteiger charge is 1.84. The number of aliphatic imine (C=N–C) groups is 1. The summed E-state index contributed by atoms with van der Waals surface area (Å²) in [7, 11) is 0. The van der Waals surface area contributed by atoms with Crippen LogP contribution in [0.15, 0.2) is 4.99 Å². The number of nitrogens with one attached hydrogen (secondary N) is 1. The van der Waals surface area contributed by atoms with Crippen molar-refractivity contribution in [1.29, 1.82) is 5.41 Å². The van der Waals surface area contributed by atoms with Gasteiger partial charge in [-0.1, -0.05) is 0 Å². The van der Waals surface area contributed by atoms with Crippen molar-refractivity contribution in [2.75, 3.05) is 13.2 Å². The van der Waals surface area contributed by atoms with E-state index >= 15 is 0 Å². The van der Waals surface area contributed by atoms with Crippen LogP contribution in [0.5, 0.6) is 0 Å². The van der Waals surface area contributed by atoms with Crippen molar-refractivity contribution in [3.05, 3.63) is 0 Å². The van der Waals surface area contributed by atoms with Gasteiger partial charge in [0.25, 0.3) is 0 Å². The van der Waals surface area contributed by atoms with Crippen molar-refractivity contribution in [3.63, 3.8) is 0 Å². The molecule has 1 rings (SSSR count). The maximum Gasteiger partial charge on any atom is 0.231 e. The molecule has 0 amide bonds. The van der Waals surface area contributed by atoms with Crippen molar-refractivity contribution in [2.45, 2.75) is 0 Å². The van der Waals surface area contributed by atoms with Crippen molar-refractivity contribution in [2.24, 2.45) is 4.99 Å². The minimum Gasteiger partial charge on any atom is -0.482 e. The molecule has 44 valence electrons. The molecule has 1 aliphatic heterocycles. The minimum absolute atomic E-state index is 0.750. The molecule has 0 fully saturated rings. The van der Waals surface area contributed by atoms with Crippen molar-refractivity contribution in [3.8, 4) is 0 Å². The Bertz CT molecular complexity index is 98.6. The summed E-state index contributed by atoms with van der Waals surface area (Å²) in [4.78, 5) is 12.1. The topological polar surface area (TPSA) is 62.5 Å². The van der Waals surface area contributed by atoms with Crippen LogP contribution in [0, 0.1) is 5.41 Å². The number of hydrogen-bond donors (Lipinski definition) is 1. The number of ether oxygens (including phenoxy) is 1. The molecule has 0 unspecified atom stereocenters. The molecule has 0 aliphatic carbocycles. The normalized spacial score (nSPS) is 13.0. The van der Waals surface area contributed by atoms with Gasteiger partial charge in [-0.3, -0.25) is 4.99 Å². The van der Waals surface area contributed by atoms with Crippen molar-refractivity contribution < 1.29 is 9.53 Å². The number of hydrogen-bond acceptors (Lipinski definition) is 4. The van der Waals surface area contributed by atoms with Gasteiger partial charge in [-0.05, 0) is 0 Å². The second kappa shape index (κ2) is 5.85. The van der Waals surface area contributed by atoms with Gasteiger partial charge in [-0.15, -0.1) is 0 Å². The first kappa shape index (κ1) is 6.85. The third kappa shape index (κ3) is 4.85. The molecule has 0 radical (unpaired) electrons. The largest absolute Gasteiger partial charge is 0.482 e. The van der Waals surface area contributed by atoms with Gasteiger partial charge in [-0.25, -0.2) is 10.2 Å². The van der Waals surface area contributed by atoms with E-state index < -0.39 is 0 Å². The molecule has 1 N–H and O–H groups in total. The van der Waals surface area contributed by atoms with Crippen LogP contribution in [0.4, 0.5) is 0 Å². The Hall–Kier alpha value is -1.15. The lowest BCUT2D eigenvalue weighted by Crippen LogP contribution is -1.80. The molecule has 0 saturated heterocycles. The number of carbonyl (C=O) groups excluding carboxylic acids is 1. The first-order valence-corrected chi connectivity index (χ1v) is 2.05. The zero-order valence-electron chi connectivity index (χ0n) is 4.26. The summed E-state index contributed by atoms with van der Waals surface area (Å²) in [6.45, 7) is 1.62. The maximum absolute atomic E-state index is 8.35. The van der Waals surface area contributed by atoms with E-state index in [-0.39, 0.29) is 0 Å². The summed E-state index contributed by atoms with van der Waals surface area (Å²) in [5.41, 5.74) is 0. The molecule has 1 heterocycles. The van der Waals surface area contributed by atoms with Crippen molar-refractivity contribution in [1.82, 2.24) is 0 Å². The second-order valence-electron chi connectivity index (χ2n) is 0.984. The monoisotopic (exact) mass is 114 g/mol. The summed E-state index contributed by atoms with van der Waals surface area (Å²) in [6.07, 6.45) is 2.24. The third-order valence-electron chi connectivity index (χ3n) is 0.487. The van der Waals surface area contributed by atoms with Gasteiger partial charge < -0.3 is 4.74 Å². The van der Waals surface area contributed by atoms with Gasteiger partial charge in [0.15, 0.2) is 6.40 Å². The van der Waals surface area contributed by atoms with Crippen LogP contribution in [0.3, 0.4) is 0 Å². The molecule has 4 nitrogen and oxygen atoms in total. The predicted octanol–water partition coefficient (Wildman–Crippen LogP) is -0.0541. The first-order valence-electron chi connectivity index (χ1n) is 2.05. The van der Waals surface area contributed by atoms with Crippen LogP contribution >= 0.6 is 0 Å². The molecular formula is C4H6N2O2. The van der Waals surface area contributed by atoms with E-state index in [1.54, 1.807) is 0 Å². The molecular weight excluding hydrogens is 108 g/mol. The van der Waals surface area contributed by atoms with E-state index in [2.05, 4.69) is 9.73 Å². The Morgan fingerprint density at radius 1 is 1.88 bits per heavy atom. The fraction of sp³-hybridized carbons (Fsp3) is 0.500. The molecule has 0 atom stereocenters. The van der Waals surface area contributed by atoms with Crippen molar-refractivity contribution >= 4 is 12.5 Å². The van der Waals surface area contributed by atoms with E-state index in [4.69, 9.17) is 10.2 Å². The van der Waals surface area contributed by atoms with Crippen LogP contribution in [0.2, 0.25) is 0 Å². The molecule has 0 aromatic heterocycles. The quantitative estimate of drug-likeness (QED) is 0.354. The lowest BCUT2D eigenvalue weighted by molar-refractivity contribution is 0.361. The first-order chi connectivity index (χ1) is 3.91. The van der Waals surface area contributed by atoms with E-state index in [9.17, 15) is 0 Å². The summed E-state index contributed by atoms with van der Waals surface area (Å²) in [6, 6.07) is 0. The van der Waals surface area contributed by atoms with E-state index in [1.807, 2.05) is 0 Å². The van der Waals surface area contributed by atoms with Crippen LogP contribution in [0.1, 0.15) is 0 Å². The maximum atomic E-state index is 8.35. The number of isocyanates is 1. The molecule has 0 spiro atoms. The summed E-state index contributed by atoms with van der Waals surface area (Å²) >= 11 is 0. The lowest BCUT2D eigenvalue weighted by atomic mass is 10.8. The summed E-state index contributed by atoms with van der Waals surface area (Å²) in [5.74, 6) is 0. The van der Waals surface area contributed by atoms with Gasteiger partial charge in [0, 0.05) is 0 Å². The van der Waals surface area contributed by atoms with Crippen LogP contribution in [-0.4, -0.2) is 25.6 Å². The highest BCUT2D eigenvalue weighted by atomic mass is 16.5. The average Bonchev–Trinajstić information content (AvgIpc) is 2.17. The van der Waals surface area contributed by atoms with E-state index in [1.165, 1.54) is 6.40 Å². The minimum atomic E-state index is 0.750. The van der Waals surface area contributed by atoms with Crippen LogP contribution < -0.4 is 0 Å². The van der Waals surface area contributed by atoms with E-state index in [0.29, 0.717) is 0 Å². The lowest BCUT2D eigenvalue weighted by Gasteiger charge is -1.76. The summed E-state index contributed by atoms with van der Waals surface area (Å²) < 4.78 is 4.65. The molecule has 0 bridgehead atoms. The van der Waals surface area contributed by atoms with Crippen LogP contribution in [0.25, 0.3) is 0 Å². The fourth-order valence-corrected chi connectivity index (χ4v) is 0.264. The molecule has 0 aromatic rings. The highest BCUT2D eigenvalue weighted by Crippen LogP contribution is 1.78. The van der Waals surface area contributed by atoms with Gasteiger partial charge in [0.05, 0.1) is 6.54 Å². The number of nitrogens with zero attached hydrogens (tertiary/aromatic N) is 1. The van der Waals surface area contributed by atoms with Crippen LogP contribution in [-0.2, 0) is 9.53 Å². The third-order valence-corrected chi connectivity index (χ3v) is 0.487. The number of rotatable bonds is 0. The zero-order valence-corrected chi connectivity index (χ0v) is 4.26. The van der Waals surface area contributed by atoms with Gasteiger partial charge in [0.2, 0.25) is 6.08 Å². The van der Waals surface area contributed by atoms with Gasteiger partial charge in [0.1, 0.15) is 6.61 Å². The molecule has 0 aromatic carbocycles. The fourth-order valence-electron chi connectivity index (χ4n) is 0.264. The highest BCUT2D eigenvalue weighted by molar-refractivity contribution is 5.47. The Kier molecular flexibility index (Phi) is 5.01. The molecule has 1 aliphatic rings. The Morgan fingerprint density at radius 3 is 2.62 bits per heavy atom. The van der Waals surface area contributed by atoms with Gasteiger partial charge in [-0.2, -0.15) is 0 Å². The Labute approximate surface area is 46.7 Å². The standard InChI is InChI=1S/C3H5NO.CHNO/c1-2-5-3-4-1;2-1-3/h3H,1-2H2;2H. The summed E-state index contributed by atoms with van der Waals surface area (Å²) in [5, 5.41) is 5.40. The Balaban J connectivity index is 0.000000145.